The summed E-state index contributed by atoms with van der Waals surface area (Å²) in [5.41, 5.74) is 1.19. The third-order valence-electron chi connectivity index (χ3n) is 5.96. The molecule has 1 saturated carbocycles. The van der Waals surface area contributed by atoms with Gasteiger partial charge in [0.15, 0.2) is 0 Å². The number of hydrogen-bond donors (Lipinski definition) is 0. The quantitative estimate of drug-likeness (QED) is 0.619. The molecule has 6 nitrogen and oxygen atoms in total. The number of fused-ring (bicyclic) bond motifs is 1. The topological polar surface area (TPSA) is 64.4 Å². The second kappa shape index (κ2) is 8.30. The summed E-state index contributed by atoms with van der Waals surface area (Å²) in [7, 11) is 1.80. The molecule has 0 spiro atoms. The van der Waals surface area contributed by atoms with Crippen molar-refractivity contribution in [2.75, 3.05) is 13.7 Å². The zero-order chi connectivity index (χ0) is 21.3. The lowest BCUT2D eigenvalue weighted by molar-refractivity contribution is -0.139. The van der Waals surface area contributed by atoms with Crippen molar-refractivity contribution >= 4 is 16.8 Å². The van der Waals surface area contributed by atoms with Gasteiger partial charge >= 0.3 is 0 Å². The number of benzene rings is 2. The minimum Gasteiger partial charge on any atom is -0.494 e. The van der Waals surface area contributed by atoms with E-state index in [0.29, 0.717) is 29.0 Å². The summed E-state index contributed by atoms with van der Waals surface area (Å²) < 4.78 is 7.15. The van der Waals surface area contributed by atoms with Crippen LogP contribution in [-0.4, -0.2) is 34.0 Å². The summed E-state index contributed by atoms with van der Waals surface area (Å²) >= 11 is 0. The monoisotopic (exact) mass is 405 g/mol. The van der Waals surface area contributed by atoms with E-state index < -0.39 is 0 Å². The zero-order valence-electron chi connectivity index (χ0n) is 17.7. The average Bonchev–Trinajstić information content (AvgIpc) is 2.72. The van der Waals surface area contributed by atoms with Gasteiger partial charge in [0.05, 0.1) is 29.2 Å². The van der Waals surface area contributed by atoms with Crippen LogP contribution in [0.4, 0.5) is 0 Å². The van der Waals surface area contributed by atoms with Crippen molar-refractivity contribution in [3.8, 4) is 11.4 Å². The van der Waals surface area contributed by atoms with Crippen LogP contribution in [0.2, 0.25) is 0 Å². The van der Waals surface area contributed by atoms with Crippen molar-refractivity contribution in [1.82, 2.24) is 14.5 Å². The predicted octanol–water partition coefficient (Wildman–Crippen LogP) is 4.10. The van der Waals surface area contributed by atoms with Crippen molar-refractivity contribution in [2.24, 2.45) is 5.92 Å². The molecule has 0 radical (unpaired) electrons. The maximum absolute atomic E-state index is 13.4. The average molecular weight is 405 g/mol. The summed E-state index contributed by atoms with van der Waals surface area (Å²) in [5.74, 6) is 1.51. The number of para-hydroxylation sites is 1. The normalized spacial score (nSPS) is 14.9. The fourth-order valence-electron chi connectivity index (χ4n) is 3.85. The summed E-state index contributed by atoms with van der Waals surface area (Å²) in [5, 5.41) is 0.551. The molecule has 1 aliphatic carbocycles. The van der Waals surface area contributed by atoms with E-state index >= 15 is 0 Å². The molecule has 1 aliphatic rings. The highest BCUT2D eigenvalue weighted by Gasteiger charge is 2.32. The number of hydrogen-bond acceptors (Lipinski definition) is 4. The number of carbonyl (C=O) groups excluding carboxylic acids is 1. The Morgan fingerprint density at radius 2 is 1.90 bits per heavy atom. The predicted molar refractivity (Wildman–Crippen MR) is 117 cm³/mol. The molecule has 156 valence electrons. The molecule has 1 fully saturated rings. The lowest BCUT2D eigenvalue weighted by Crippen LogP contribution is -2.40. The van der Waals surface area contributed by atoms with Crippen molar-refractivity contribution in [3.05, 3.63) is 64.7 Å². The Hall–Kier alpha value is -3.15. The Bertz CT molecular complexity index is 1120. The molecular weight excluding hydrogens is 378 g/mol. The zero-order valence-corrected chi connectivity index (χ0v) is 17.7. The summed E-state index contributed by atoms with van der Waals surface area (Å²) in [6.07, 6.45) is 2.98. The van der Waals surface area contributed by atoms with Gasteiger partial charge < -0.3 is 9.64 Å². The van der Waals surface area contributed by atoms with Crippen molar-refractivity contribution in [2.45, 2.75) is 39.2 Å². The molecule has 2 aromatic carbocycles. The van der Waals surface area contributed by atoms with Crippen LogP contribution in [0.25, 0.3) is 16.6 Å². The molecule has 4 rings (SSSR count). The SMILES string of the molecule is CCOc1ccc(-n2c(C(C)N(C)C(=O)C3CCC3)nc3ccccc3c2=O)cc1. The van der Waals surface area contributed by atoms with Crippen molar-refractivity contribution in [3.63, 3.8) is 0 Å². The second-order valence-electron chi connectivity index (χ2n) is 7.81. The first-order valence-corrected chi connectivity index (χ1v) is 10.5. The van der Waals surface area contributed by atoms with E-state index in [1.165, 1.54) is 0 Å². The van der Waals surface area contributed by atoms with Crippen molar-refractivity contribution < 1.29 is 9.53 Å². The van der Waals surface area contributed by atoms with Crippen LogP contribution in [0.5, 0.6) is 5.75 Å². The fourth-order valence-corrected chi connectivity index (χ4v) is 3.85. The van der Waals surface area contributed by atoms with E-state index in [9.17, 15) is 9.59 Å². The molecular formula is C24H27N3O3. The smallest absolute Gasteiger partial charge is 0.266 e. The third kappa shape index (κ3) is 3.58. The van der Waals surface area contributed by atoms with E-state index in [4.69, 9.17) is 9.72 Å². The van der Waals surface area contributed by atoms with Crippen LogP contribution in [0.15, 0.2) is 53.3 Å². The van der Waals surface area contributed by atoms with Crippen molar-refractivity contribution in [1.29, 1.82) is 0 Å². The fraction of sp³-hybridized carbons (Fsp3) is 0.375. The van der Waals surface area contributed by atoms with Crippen LogP contribution in [-0.2, 0) is 4.79 Å². The van der Waals surface area contributed by atoms with Crippen LogP contribution in [0.1, 0.15) is 45.0 Å². The van der Waals surface area contributed by atoms with E-state index in [0.717, 1.165) is 25.0 Å². The molecule has 6 heteroatoms. The van der Waals surface area contributed by atoms with Gasteiger partial charge in [0.1, 0.15) is 11.6 Å². The largest absolute Gasteiger partial charge is 0.494 e. The number of ether oxygens (including phenoxy) is 1. The highest BCUT2D eigenvalue weighted by atomic mass is 16.5. The Kier molecular flexibility index (Phi) is 5.57. The minimum atomic E-state index is -0.345. The van der Waals surface area contributed by atoms with E-state index in [1.54, 1.807) is 22.6 Å². The van der Waals surface area contributed by atoms with Gasteiger partial charge in [-0.25, -0.2) is 4.98 Å². The second-order valence-corrected chi connectivity index (χ2v) is 7.81. The van der Waals surface area contributed by atoms with Gasteiger partial charge in [-0.1, -0.05) is 18.6 Å². The molecule has 0 N–H and O–H groups in total. The lowest BCUT2D eigenvalue weighted by Gasteiger charge is -2.33. The number of amides is 1. The van der Waals surface area contributed by atoms with Crippen LogP contribution >= 0.6 is 0 Å². The first-order valence-electron chi connectivity index (χ1n) is 10.5. The highest BCUT2D eigenvalue weighted by Crippen LogP contribution is 2.31. The Balaban J connectivity index is 1.83. The van der Waals surface area contributed by atoms with Gasteiger partial charge in [-0.15, -0.1) is 0 Å². The van der Waals surface area contributed by atoms with E-state index in [1.807, 2.05) is 56.3 Å². The standard InChI is InChI=1S/C24H27N3O3/c1-4-30-19-14-12-18(13-15-19)27-22(16(2)26(3)23(28)17-8-7-9-17)25-21-11-6-5-10-20(21)24(27)29/h5-6,10-17H,4,7-9H2,1-3H3. The number of carbonyl (C=O) groups is 1. The van der Waals surface area contributed by atoms with Gasteiger partial charge in [-0.05, 0) is 63.1 Å². The van der Waals surface area contributed by atoms with Crippen LogP contribution in [0, 0.1) is 5.92 Å². The van der Waals surface area contributed by atoms with Gasteiger partial charge in [0.2, 0.25) is 5.91 Å². The Morgan fingerprint density at radius 3 is 2.53 bits per heavy atom. The minimum absolute atomic E-state index is 0.0866. The Morgan fingerprint density at radius 1 is 1.20 bits per heavy atom. The van der Waals surface area contributed by atoms with Gasteiger partial charge in [0, 0.05) is 13.0 Å². The molecule has 3 aromatic rings. The Labute approximate surface area is 176 Å². The first kappa shape index (κ1) is 20.1. The third-order valence-corrected chi connectivity index (χ3v) is 5.96. The van der Waals surface area contributed by atoms with Gasteiger partial charge in [0.25, 0.3) is 5.56 Å². The lowest BCUT2D eigenvalue weighted by atomic mass is 9.84. The molecule has 30 heavy (non-hydrogen) atoms. The maximum Gasteiger partial charge on any atom is 0.266 e. The molecule has 1 atom stereocenters. The summed E-state index contributed by atoms with van der Waals surface area (Å²) in [4.78, 5) is 32.8. The summed E-state index contributed by atoms with van der Waals surface area (Å²) in [6, 6.07) is 14.4. The van der Waals surface area contributed by atoms with E-state index in [2.05, 4.69) is 0 Å². The highest BCUT2D eigenvalue weighted by molar-refractivity contribution is 5.80. The van der Waals surface area contributed by atoms with Gasteiger partial charge in [-0.2, -0.15) is 0 Å². The van der Waals surface area contributed by atoms with E-state index in [-0.39, 0.29) is 23.4 Å². The molecule has 0 aliphatic heterocycles. The molecule has 1 aromatic heterocycles. The summed E-state index contributed by atoms with van der Waals surface area (Å²) in [6.45, 7) is 4.44. The van der Waals surface area contributed by atoms with Gasteiger partial charge in [-0.3, -0.25) is 14.2 Å². The van der Waals surface area contributed by atoms with Crippen LogP contribution < -0.4 is 10.3 Å². The number of aromatic nitrogens is 2. The molecule has 1 unspecified atom stereocenters. The molecule has 0 bridgehead atoms. The van der Waals surface area contributed by atoms with Crippen LogP contribution in [0.3, 0.4) is 0 Å². The number of nitrogens with zero attached hydrogens (tertiary/aromatic N) is 3. The number of rotatable bonds is 6. The maximum atomic E-state index is 13.4. The molecule has 1 heterocycles. The molecule has 1 amide bonds. The molecule has 0 saturated heterocycles. The first-order chi connectivity index (χ1) is 14.5.